The smallest absolute Gasteiger partial charge is 0.143 e. The first-order chi connectivity index (χ1) is 7.66. The van der Waals surface area contributed by atoms with Crippen LogP contribution < -0.4 is 5.73 Å². The van der Waals surface area contributed by atoms with E-state index in [9.17, 15) is 4.39 Å². The maximum Gasteiger partial charge on any atom is 0.143 e. The Morgan fingerprint density at radius 3 is 2.94 bits per heavy atom. The molecular weight excluding hydrogens is 249 g/mol. The van der Waals surface area contributed by atoms with Gasteiger partial charge in [-0.1, -0.05) is 11.6 Å². The van der Waals surface area contributed by atoms with Crippen molar-refractivity contribution >= 4 is 29.1 Å². The minimum Gasteiger partial charge on any atom is -0.468 e. The minimum atomic E-state index is -0.460. The number of anilines is 1. The topological polar surface area (TPSA) is 39.2 Å². The molecule has 0 saturated carbocycles. The summed E-state index contributed by atoms with van der Waals surface area (Å²) < 4.78 is 18.4. The lowest BCUT2D eigenvalue weighted by Crippen LogP contribution is -1.91. The maximum atomic E-state index is 13.2. The molecule has 1 heterocycles. The fraction of sp³-hybridized carbons (Fsp3) is 0.0909. The molecule has 2 nitrogen and oxygen atoms in total. The van der Waals surface area contributed by atoms with E-state index < -0.39 is 5.82 Å². The van der Waals surface area contributed by atoms with Crippen LogP contribution in [0.3, 0.4) is 0 Å². The average Bonchev–Trinajstić information content (AvgIpc) is 2.74. The lowest BCUT2D eigenvalue weighted by Gasteiger charge is -2.05. The first-order valence-electron chi connectivity index (χ1n) is 4.56. The van der Waals surface area contributed by atoms with Crippen molar-refractivity contribution in [2.45, 2.75) is 10.6 Å². The van der Waals surface area contributed by atoms with Crippen molar-refractivity contribution in [2.75, 3.05) is 5.73 Å². The summed E-state index contributed by atoms with van der Waals surface area (Å²) in [6.45, 7) is 0. The van der Waals surface area contributed by atoms with Gasteiger partial charge in [-0.15, -0.1) is 11.8 Å². The molecule has 0 saturated heterocycles. The zero-order valence-electron chi connectivity index (χ0n) is 8.24. The number of hydrogen-bond acceptors (Lipinski definition) is 3. The summed E-state index contributed by atoms with van der Waals surface area (Å²) in [4.78, 5) is 0.665. The molecule has 2 aromatic rings. The van der Waals surface area contributed by atoms with Gasteiger partial charge < -0.3 is 10.2 Å². The van der Waals surface area contributed by atoms with Crippen LogP contribution >= 0.6 is 23.4 Å². The van der Waals surface area contributed by atoms with Crippen molar-refractivity contribution in [3.8, 4) is 0 Å². The monoisotopic (exact) mass is 257 g/mol. The van der Waals surface area contributed by atoms with Gasteiger partial charge in [-0.25, -0.2) is 4.39 Å². The molecule has 0 bridgehead atoms. The first kappa shape index (κ1) is 11.4. The maximum absolute atomic E-state index is 13.2. The summed E-state index contributed by atoms with van der Waals surface area (Å²) in [6.07, 6.45) is 1.60. The number of benzene rings is 1. The number of halogens is 2. The summed E-state index contributed by atoms with van der Waals surface area (Å²) in [6, 6.07) is 6.42. The largest absolute Gasteiger partial charge is 0.468 e. The third kappa shape index (κ3) is 2.51. The molecule has 1 aromatic heterocycles. The van der Waals surface area contributed by atoms with E-state index in [2.05, 4.69) is 0 Å². The van der Waals surface area contributed by atoms with E-state index >= 15 is 0 Å². The summed E-state index contributed by atoms with van der Waals surface area (Å²) in [7, 11) is 0. The van der Waals surface area contributed by atoms with Gasteiger partial charge >= 0.3 is 0 Å². The highest BCUT2D eigenvalue weighted by Crippen LogP contribution is 2.31. The quantitative estimate of drug-likeness (QED) is 0.669. The van der Waals surface area contributed by atoms with Crippen molar-refractivity contribution in [3.05, 3.63) is 47.1 Å². The van der Waals surface area contributed by atoms with Crippen LogP contribution in [-0.2, 0) is 5.75 Å². The molecule has 0 spiro atoms. The summed E-state index contributed by atoms with van der Waals surface area (Å²) >= 11 is 7.01. The number of nitrogens with two attached hydrogens (primary N) is 1. The van der Waals surface area contributed by atoms with Crippen LogP contribution in [0.4, 0.5) is 10.1 Å². The van der Waals surface area contributed by atoms with Crippen LogP contribution in [0.25, 0.3) is 0 Å². The molecule has 84 valence electrons. The van der Waals surface area contributed by atoms with Gasteiger partial charge in [0, 0.05) is 10.6 Å². The molecule has 0 aliphatic heterocycles. The predicted molar refractivity (Wildman–Crippen MR) is 64.1 cm³/mol. The fourth-order valence-corrected chi connectivity index (χ4v) is 2.26. The first-order valence-corrected chi connectivity index (χ1v) is 5.93. The molecule has 2 rings (SSSR count). The van der Waals surface area contributed by atoms with Crippen molar-refractivity contribution in [3.63, 3.8) is 0 Å². The number of nitrogen functional groups attached to an aromatic ring is 1. The van der Waals surface area contributed by atoms with Crippen molar-refractivity contribution < 1.29 is 8.81 Å². The SMILES string of the molecule is Nc1cc(Cl)c(F)cc1SCc1ccco1. The Labute approximate surface area is 102 Å². The van der Waals surface area contributed by atoms with Crippen molar-refractivity contribution in [2.24, 2.45) is 0 Å². The number of rotatable bonds is 3. The molecule has 0 fully saturated rings. The van der Waals surface area contributed by atoms with E-state index in [-0.39, 0.29) is 5.02 Å². The molecule has 2 N–H and O–H groups in total. The van der Waals surface area contributed by atoms with Crippen LogP contribution in [0.15, 0.2) is 39.8 Å². The molecule has 5 heteroatoms. The summed E-state index contributed by atoms with van der Waals surface area (Å²) in [5.41, 5.74) is 6.20. The van der Waals surface area contributed by atoms with E-state index in [0.29, 0.717) is 16.3 Å². The molecule has 0 radical (unpaired) electrons. The van der Waals surface area contributed by atoms with Gasteiger partial charge in [0.2, 0.25) is 0 Å². The van der Waals surface area contributed by atoms with Gasteiger partial charge in [-0.2, -0.15) is 0 Å². The number of thioether (sulfide) groups is 1. The normalized spacial score (nSPS) is 10.6. The molecule has 0 amide bonds. The van der Waals surface area contributed by atoms with Crippen LogP contribution in [-0.4, -0.2) is 0 Å². The second-order valence-corrected chi connectivity index (χ2v) is 4.60. The Morgan fingerprint density at radius 2 is 2.25 bits per heavy atom. The Bertz CT molecular complexity index is 487. The van der Waals surface area contributed by atoms with Gasteiger partial charge in [0.15, 0.2) is 0 Å². The summed E-state index contributed by atoms with van der Waals surface area (Å²) in [5, 5.41) is 0.0415. The van der Waals surface area contributed by atoms with Gasteiger partial charge in [-0.3, -0.25) is 0 Å². The van der Waals surface area contributed by atoms with E-state index in [1.807, 2.05) is 12.1 Å². The van der Waals surface area contributed by atoms with Gasteiger partial charge in [0.05, 0.1) is 17.0 Å². The molecule has 0 aliphatic rings. The predicted octanol–water partition coefficient (Wildman–Crippen LogP) is 3.95. The van der Waals surface area contributed by atoms with Gasteiger partial charge in [0.25, 0.3) is 0 Å². The Kier molecular flexibility index (Phi) is 3.41. The van der Waals surface area contributed by atoms with Crippen LogP contribution in [0, 0.1) is 5.82 Å². The average molecular weight is 258 g/mol. The zero-order valence-corrected chi connectivity index (χ0v) is 9.82. The van der Waals surface area contributed by atoms with E-state index in [1.54, 1.807) is 6.26 Å². The highest BCUT2D eigenvalue weighted by molar-refractivity contribution is 7.98. The zero-order chi connectivity index (χ0) is 11.5. The molecule has 0 aliphatic carbocycles. The Morgan fingerprint density at radius 1 is 1.44 bits per heavy atom. The minimum absolute atomic E-state index is 0.0415. The van der Waals surface area contributed by atoms with Gasteiger partial charge in [-0.05, 0) is 24.3 Å². The lowest BCUT2D eigenvalue weighted by atomic mass is 10.3. The number of hydrogen-bond donors (Lipinski definition) is 1. The summed E-state index contributed by atoms with van der Waals surface area (Å²) in [5.74, 6) is 0.968. The lowest BCUT2D eigenvalue weighted by molar-refractivity contribution is 0.530. The molecule has 0 unspecified atom stereocenters. The van der Waals surface area contributed by atoms with E-state index in [1.165, 1.54) is 23.9 Å². The van der Waals surface area contributed by atoms with E-state index in [4.69, 9.17) is 21.8 Å². The van der Waals surface area contributed by atoms with Crippen LogP contribution in [0.1, 0.15) is 5.76 Å². The van der Waals surface area contributed by atoms with Gasteiger partial charge in [0.1, 0.15) is 11.6 Å². The standard InChI is InChI=1S/C11H9ClFNOS/c12-8-4-10(14)11(5-9(8)13)16-6-7-2-1-3-15-7/h1-5H,6,14H2. The fourth-order valence-electron chi connectivity index (χ4n) is 1.21. The highest BCUT2D eigenvalue weighted by atomic mass is 35.5. The third-order valence-corrected chi connectivity index (χ3v) is 3.39. The molecule has 0 atom stereocenters. The highest BCUT2D eigenvalue weighted by Gasteiger charge is 2.07. The van der Waals surface area contributed by atoms with E-state index in [0.717, 1.165) is 5.76 Å². The molecule has 16 heavy (non-hydrogen) atoms. The Balaban J connectivity index is 2.12. The second kappa shape index (κ2) is 4.80. The third-order valence-electron chi connectivity index (χ3n) is 2.00. The second-order valence-electron chi connectivity index (χ2n) is 3.17. The van der Waals surface area contributed by atoms with Crippen molar-refractivity contribution in [1.82, 2.24) is 0 Å². The Hall–Kier alpha value is -1.13. The van der Waals surface area contributed by atoms with Crippen LogP contribution in [0.2, 0.25) is 5.02 Å². The molecular formula is C11H9ClFNOS. The van der Waals surface area contributed by atoms with Crippen LogP contribution in [0.5, 0.6) is 0 Å². The van der Waals surface area contributed by atoms with Crippen molar-refractivity contribution in [1.29, 1.82) is 0 Å². The number of furan rings is 1. The molecule has 1 aromatic carbocycles.